The third-order valence-corrected chi connectivity index (χ3v) is 5.22. The molecule has 1 aromatic rings. The Kier molecular flexibility index (Phi) is 5.57. The minimum atomic E-state index is -2.09. The van der Waals surface area contributed by atoms with E-state index in [9.17, 15) is 10.1 Å². The van der Waals surface area contributed by atoms with Crippen molar-refractivity contribution in [3.05, 3.63) is 16.0 Å². The molecular weight excluding hydrogens is 385 g/mol. The third-order valence-electron chi connectivity index (χ3n) is 3.34. The number of hydrogen-bond donors (Lipinski definition) is 2. The van der Waals surface area contributed by atoms with Gasteiger partial charge in [0.15, 0.2) is 5.11 Å². The molecule has 22 heavy (non-hydrogen) atoms. The average molecular weight is 397 g/mol. The first kappa shape index (κ1) is 17.8. The Balaban J connectivity index is 2.15. The fourth-order valence-electron chi connectivity index (χ4n) is 2.27. The van der Waals surface area contributed by atoms with Crippen LogP contribution in [-0.4, -0.2) is 14.8 Å². The molecule has 1 atom stereocenters. The second kappa shape index (κ2) is 6.90. The highest BCUT2D eigenvalue weighted by molar-refractivity contribution is 7.80. The lowest BCUT2D eigenvalue weighted by Gasteiger charge is -2.17. The maximum atomic E-state index is 11.6. The van der Waals surface area contributed by atoms with E-state index < -0.39 is 9.70 Å². The number of hydrogen-bond acceptors (Lipinski definition) is 4. The quantitative estimate of drug-likeness (QED) is 0.557. The molecule has 118 valence electrons. The highest BCUT2D eigenvalue weighted by Crippen LogP contribution is 2.39. The molecule has 0 fully saturated rings. The summed E-state index contributed by atoms with van der Waals surface area (Å²) in [4.78, 5) is 12.7. The molecule has 2 N–H and O–H groups in total. The number of halogens is 3. The largest absolute Gasteiger partial charge is 0.323 e. The Labute approximate surface area is 152 Å². The van der Waals surface area contributed by atoms with Crippen molar-refractivity contribution in [1.82, 2.24) is 5.32 Å². The van der Waals surface area contributed by atoms with Gasteiger partial charge >= 0.3 is 0 Å². The smallest absolute Gasteiger partial charge is 0.278 e. The number of carbonyl (C=O) groups excluding carboxylic acids is 1. The first-order chi connectivity index (χ1) is 10.2. The summed E-state index contributed by atoms with van der Waals surface area (Å²) < 4.78 is -2.09. The number of alkyl halides is 3. The standard InChI is InChI=1S/C13H12Cl3N3OS2/c1-6-2-3-7-8(5-17)10(22-9(7)4-6)18-12(21)19-11(20)13(14,15)16/h6H,2-4H2,1H3,(H2,18,19,20,21)/t6-/m1/s1. The highest BCUT2D eigenvalue weighted by atomic mass is 35.6. The van der Waals surface area contributed by atoms with Crippen molar-refractivity contribution in [3.8, 4) is 6.07 Å². The summed E-state index contributed by atoms with van der Waals surface area (Å²) in [7, 11) is 0. The number of nitrogens with one attached hydrogen (secondary N) is 2. The number of rotatable bonds is 1. The van der Waals surface area contributed by atoms with Gasteiger partial charge in [-0.3, -0.25) is 10.1 Å². The minimum Gasteiger partial charge on any atom is -0.323 e. The van der Waals surface area contributed by atoms with Gasteiger partial charge in [-0.15, -0.1) is 11.3 Å². The van der Waals surface area contributed by atoms with E-state index in [0.29, 0.717) is 16.5 Å². The fraction of sp³-hybridized carbons (Fsp3) is 0.462. The minimum absolute atomic E-state index is 0.000490. The first-order valence-corrected chi connectivity index (χ1v) is 8.82. The Bertz CT molecular complexity index is 661. The lowest BCUT2D eigenvalue weighted by atomic mass is 9.89. The van der Waals surface area contributed by atoms with E-state index in [-0.39, 0.29) is 5.11 Å². The van der Waals surface area contributed by atoms with Crippen molar-refractivity contribution in [2.24, 2.45) is 5.92 Å². The maximum Gasteiger partial charge on any atom is 0.278 e. The van der Waals surface area contributed by atoms with Crippen molar-refractivity contribution >= 4 is 74.4 Å². The molecule has 9 heteroatoms. The molecule has 2 rings (SSSR count). The zero-order valence-electron chi connectivity index (χ0n) is 11.5. The van der Waals surface area contributed by atoms with Gasteiger partial charge in [0.05, 0.1) is 5.56 Å². The summed E-state index contributed by atoms with van der Waals surface area (Å²) in [6, 6.07) is 2.20. The molecule has 0 radical (unpaired) electrons. The van der Waals surface area contributed by atoms with Crippen LogP contribution in [0.2, 0.25) is 0 Å². The van der Waals surface area contributed by atoms with Crippen molar-refractivity contribution in [1.29, 1.82) is 5.26 Å². The van der Waals surface area contributed by atoms with E-state index in [0.717, 1.165) is 24.8 Å². The normalized spacial score (nSPS) is 17.3. The van der Waals surface area contributed by atoms with Crippen LogP contribution in [0.15, 0.2) is 0 Å². The van der Waals surface area contributed by atoms with Gasteiger partial charge < -0.3 is 5.32 Å². The number of nitriles is 1. The lowest BCUT2D eigenvalue weighted by molar-refractivity contribution is -0.118. The molecule has 0 aliphatic heterocycles. The number of amides is 1. The average Bonchev–Trinajstić information content (AvgIpc) is 2.73. The number of fused-ring (bicyclic) bond motifs is 1. The SMILES string of the molecule is C[C@@H]1CCc2c(sc(NC(=S)NC(=O)C(Cl)(Cl)Cl)c2C#N)C1. The topological polar surface area (TPSA) is 64.9 Å². The molecule has 0 bridgehead atoms. The van der Waals surface area contributed by atoms with Crippen LogP contribution >= 0.6 is 58.4 Å². The van der Waals surface area contributed by atoms with E-state index >= 15 is 0 Å². The molecule has 0 unspecified atom stereocenters. The zero-order valence-corrected chi connectivity index (χ0v) is 15.4. The van der Waals surface area contributed by atoms with Gasteiger partial charge in [0.2, 0.25) is 0 Å². The molecule has 0 spiro atoms. The Hall–Kier alpha value is -0.580. The summed E-state index contributed by atoms with van der Waals surface area (Å²) in [5.74, 6) is -0.245. The molecule has 1 aliphatic carbocycles. The van der Waals surface area contributed by atoms with E-state index in [2.05, 4.69) is 23.6 Å². The van der Waals surface area contributed by atoms with Crippen LogP contribution in [0.3, 0.4) is 0 Å². The van der Waals surface area contributed by atoms with Crippen molar-refractivity contribution in [2.75, 3.05) is 5.32 Å². The van der Waals surface area contributed by atoms with Gasteiger partial charge in [-0.1, -0.05) is 41.7 Å². The highest BCUT2D eigenvalue weighted by Gasteiger charge is 2.31. The van der Waals surface area contributed by atoms with E-state index in [1.165, 1.54) is 16.2 Å². The molecule has 4 nitrogen and oxygen atoms in total. The van der Waals surface area contributed by atoms with Crippen molar-refractivity contribution in [3.63, 3.8) is 0 Å². The summed E-state index contributed by atoms with van der Waals surface area (Å²) in [5, 5.41) is 15.1. The van der Waals surface area contributed by atoms with Crippen LogP contribution in [0.25, 0.3) is 0 Å². The molecule has 1 amide bonds. The molecule has 0 aromatic carbocycles. The third kappa shape index (κ3) is 4.03. The van der Waals surface area contributed by atoms with E-state index in [1.807, 2.05) is 0 Å². The number of anilines is 1. The van der Waals surface area contributed by atoms with Gasteiger partial charge in [-0.2, -0.15) is 5.26 Å². The predicted molar refractivity (Wildman–Crippen MR) is 94.9 cm³/mol. The lowest BCUT2D eigenvalue weighted by Crippen LogP contribution is -2.41. The number of nitrogens with zero attached hydrogens (tertiary/aromatic N) is 1. The Morgan fingerprint density at radius 1 is 1.50 bits per heavy atom. The fourth-order valence-corrected chi connectivity index (χ4v) is 4.03. The van der Waals surface area contributed by atoms with Crippen LogP contribution in [0.5, 0.6) is 0 Å². The molecule has 1 heterocycles. The monoisotopic (exact) mass is 395 g/mol. The molecular formula is C13H12Cl3N3OS2. The molecule has 0 saturated heterocycles. The maximum absolute atomic E-state index is 11.6. The Morgan fingerprint density at radius 3 is 2.77 bits per heavy atom. The summed E-state index contributed by atoms with van der Waals surface area (Å²) in [6.45, 7) is 2.19. The number of thiocarbonyl (C=S) groups is 1. The zero-order chi connectivity index (χ0) is 16.5. The number of thiophene rings is 1. The van der Waals surface area contributed by atoms with Crippen LogP contribution in [-0.2, 0) is 17.6 Å². The second-order valence-corrected chi connectivity index (χ2v) is 8.87. The van der Waals surface area contributed by atoms with E-state index in [1.54, 1.807) is 0 Å². The summed E-state index contributed by atoms with van der Waals surface area (Å²) >= 11 is 22.9. The molecule has 0 saturated carbocycles. The van der Waals surface area contributed by atoms with Gasteiger partial charge in [0.25, 0.3) is 9.70 Å². The van der Waals surface area contributed by atoms with Gasteiger partial charge in [-0.05, 0) is 43.0 Å². The van der Waals surface area contributed by atoms with Gasteiger partial charge in [0.1, 0.15) is 11.1 Å². The number of carbonyl (C=O) groups is 1. The van der Waals surface area contributed by atoms with Crippen molar-refractivity contribution < 1.29 is 4.79 Å². The van der Waals surface area contributed by atoms with Crippen LogP contribution in [0, 0.1) is 17.2 Å². The molecule has 1 aromatic heterocycles. The molecule has 1 aliphatic rings. The Morgan fingerprint density at radius 2 is 2.18 bits per heavy atom. The second-order valence-electron chi connectivity index (χ2n) is 5.07. The summed E-state index contributed by atoms with van der Waals surface area (Å²) in [5.41, 5.74) is 1.65. The van der Waals surface area contributed by atoms with Crippen LogP contribution in [0.4, 0.5) is 5.00 Å². The van der Waals surface area contributed by atoms with E-state index in [4.69, 9.17) is 47.0 Å². The van der Waals surface area contributed by atoms with Gasteiger partial charge in [-0.25, -0.2) is 0 Å². The predicted octanol–water partition coefficient (Wildman–Crippen LogP) is 3.93. The van der Waals surface area contributed by atoms with Crippen LogP contribution in [0.1, 0.15) is 29.3 Å². The first-order valence-electron chi connectivity index (χ1n) is 6.46. The van der Waals surface area contributed by atoms with Gasteiger partial charge in [0, 0.05) is 4.88 Å². The van der Waals surface area contributed by atoms with Crippen LogP contribution < -0.4 is 10.6 Å². The van der Waals surface area contributed by atoms with Crippen molar-refractivity contribution in [2.45, 2.75) is 30.0 Å². The summed E-state index contributed by atoms with van der Waals surface area (Å²) in [6.07, 6.45) is 2.89.